The van der Waals surface area contributed by atoms with Gasteiger partial charge in [0.25, 0.3) is 0 Å². The normalized spacial score (nSPS) is 22.9. The minimum absolute atomic E-state index is 0.0685. The number of fused-ring (bicyclic) bond motifs is 1. The molecule has 1 atom stereocenters. The van der Waals surface area contributed by atoms with Crippen LogP contribution in [0.4, 0.5) is 11.6 Å². The van der Waals surface area contributed by atoms with Gasteiger partial charge in [-0.3, -0.25) is 0 Å². The zero-order chi connectivity index (χ0) is 23.5. The fraction of sp³-hybridized carbons (Fsp3) is 0.500. The van der Waals surface area contributed by atoms with Crippen LogP contribution in [0, 0.1) is 11.3 Å². The van der Waals surface area contributed by atoms with Crippen LogP contribution >= 0.6 is 0 Å². The van der Waals surface area contributed by atoms with Crippen molar-refractivity contribution in [2.45, 2.75) is 50.9 Å². The summed E-state index contributed by atoms with van der Waals surface area (Å²) in [7, 11) is 1.60. The second-order valence-corrected chi connectivity index (χ2v) is 8.84. The number of anilines is 2. The Balaban J connectivity index is 1.29. The Hall–Kier alpha value is -3.58. The Bertz CT molecular complexity index is 1170. The number of nitrogens with one attached hydrogen (secondary N) is 1. The first-order chi connectivity index (χ1) is 16.6. The van der Waals surface area contributed by atoms with Gasteiger partial charge < -0.3 is 24.4 Å². The van der Waals surface area contributed by atoms with Crippen molar-refractivity contribution in [3.05, 3.63) is 36.4 Å². The summed E-state index contributed by atoms with van der Waals surface area (Å²) in [6.07, 6.45) is 10.8. The zero-order valence-electron chi connectivity index (χ0n) is 19.5. The molecule has 1 saturated carbocycles. The van der Waals surface area contributed by atoms with Gasteiger partial charge in [0.1, 0.15) is 22.9 Å². The number of pyridine rings is 1. The van der Waals surface area contributed by atoms with Gasteiger partial charge in [-0.05, 0) is 32.6 Å². The number of ether oxygens (including phenoxy) is 3. The van der Waals surface area contributed by atoms with Crippen molar-refractivity contribution in [1.29, 1.82) is 5.26 Å². The van der Waals surface area contributed by atoms with Gasteiger partial charge in [-0.15, -0.1) is 0 Å². The van der Waals surface area contributed by atoms with E-state index in [1.165, 1.54) is 0 Å². The van der Waals surface area contributed by atoms with Gasteiger partial charge in [0.05, 0.1) is 56.4 Å². The highest BCUT2D eigenvalue weighted by Gasteiger charge is 2.26. The fourth-order valence-electron chi connectivity index (χ4n) is 4.65. The van der Waals surface area contributed by atoms with Crippen LogP contribution < -0.4 is 19.7 Å². The molecule has 178 valence electrons. The SMILES string of the molecule is COc1cnc(NC2CCC(Oc3cc(N4CCO[C@H](C)C4)cn4ncc(C#N)c34)CC2)nc1. The summed E-state index contributed by atoms with van der Waals surface area (Å²) in [6.45, 7) is 4.38. The fourth-order valence-corrected chi connectivity index (χ4v) is 4.65. The van der Waals surface area contributed by atoms with Crippen molar-refractivity contribution in [3.63, 3.8) is 0 Å². The van der Waals surface area contributed by atoms with E-state index in [1.807, 2.05) is 12.3 Å². The lowest BCUT2D eigenvalue weighted by Crippen LogP contribution is -2.41. The summed E-state index contributed by atoms with van der Waals surface area (Å²) in [5.41, 5.74) is 2.26. The van der Waals surface area contributed by atoms with E-state index in [4.69, 9.17) is 14.2 Å². The Labute approximate surface area is 198 Å². The van der Waals surface area contributed by atoms with E-state index < -0.39 is 0 Å². The van der Waals surface area contributed by atoms with Crippen LogP contribution in [0.1, 0.15) is 38.2 Å². The molecule has 0 radical (unpaired) electrons. The quantitative estimate of drug-likeness (QED) is 0.590. The Morgan fingerprint density at radius 2 is 1.97 bits per heavy atom. The molecule has 0 aromatic carbocycles. The molecule has 0 unspecified atom stereocenters. The molecule has 1 aliphatic heterocycles. The maximum absolute atomic E-state index is 9.60. The average molecular weight is 464 g/mol. The summed E-state index contributed by atoms with van der Waals surface area (Å²) in [4.78, 5) is 10.9. The minimum atomic E-state index is 0.0685. The van der Waals surface area contributed by atoms with Gasteiger partial charge in [-0.25, -0.2) is 14.5 Å². The second kappa shape index (κ2) is 9.73. The molecule has 1 aliphatic carbocycles. The summed E-state index contributed by atoms with van der Waals surface area (Å²) in [5.74, 6) is 1.96. The molecule has 0 bridgehead atoms. The van der Waals surface area contributed by atoms with Gasteiger partial charge in [-0.1, -0.05) is 0 Å². The summed E-state index contributed by atoms with van der Waals surface area (Å²) < 4.78 is 19.1. The lowest BCUT2D eigenvalue weighted by Gasteiger charge is -2.33. The molecule has 5 rings (SSSR count). The van der Waals surface area contributed by atoms with Gasteiger partial charge in [-0.2, -0.15) is 10.4 Å². The number of aromatic nitrogens is 4. The first-order valence-corrected chi connectivity index (χ1v) is 11.7. The monoisotopic (exact) mass is 463 g/mol. The molecule has 0 spiro atoms. The van der Waals surface area contributed by atoms with Crippen LogP contribution in [0.2, 0.25) is 0 Å². The van der Waals surface area contributed by atoms with E-state index in [1.54, 1.807) is 30.2 Å². The zero-order valence-corrected chi connectivity index (χ0v) is 19.5. The number of nitrogens with zero attached hydrogens (tertiary/aromatic N) is 6. The van der Waals surface area contributed by atoms with E-state index in [2.05, 4.69) is 38.3 Å². The number of hydrogen-bond donors (Lipinski definition) is 1. The van der Waals surface area contributed by atoms with Crippen molar-refractivity contribution in [3.8, 4) is 17.6 Å². The Morgan fingerprint density at radius 3 is 2.68 bits per heavy atom. The molecule has 1 saturated heterocycles. The van der Waals surface area contributed by atoms with Crippen LogP contribution in [0.15, 0.2) is 30.9 Å². The maximum Gasteiger partial charge on any atom is 0.223 e. The maximum atomic E-state index is 9.60. The molecule has 2 aliphatic rings. The third-order valence-corrected chi connectivity index (χ3v) is 6.45. The number of hydrogen-bond acceptors (Lipinski definition) is 9. The van der Waals surface area contributed by atoms with Crippen molar-refractivity contribution >= 4 is 17.2 Å². The third kappa shape index (κ3) is 4.70. The smallest absolute Gasteiger partial charge is 0.223 e. The highest BCUT2D eigenvalue weighted by molar-refractivity contribution is 5.72. The van der Waals surface area contributed by atoms with Crippen LogP contribution in [0.25, 0.3) is 5.52 Å². The summed E-state index contributed by atoms with van der Waals surface area (Å²) >= 11 is 0. The van der Waals surface area contributed by atoms with Crippen LogP contribution in [0.3, 0.4) is 0 Å². The number of morpholine rings is 1. The molecule has 3 aromatic heterocycles. The minimum Gasteiger partial charge on any atom is -0.494 e. The van der Waals surface area contributed by atoms with Crippen molar-refractivity contribution < 1.29 is 14.2 Å². The van der Waals surface area contributed by atoms with Crippen molar-refractivity contribution in [1.82, 2.24) is 19.6 Å². The van der Waals surface area contributed by atoms with Gasteiger partial charge in [0, 0.05) is 25.2 Å². The summed E-state index contributed by atoms with van der Waals surface area (Å²) in [5, 5.41) is 17.4. The molecular formula is C24H29N7O3. The number of nitriles is 1. The van der Waals surface area contributed by atoms with E-state index in [9.17, 15) is 5.26 Å². The van der Waals surface area contributed by atoms with Crippen LogP contribution in [-0.4, -0.2) is 64.6 Å². The first kappa shape index (κ1) is 22.2. The van der Waals surface area contributed by atoms with Crippen LogP contribution in [0.5, 0.6) is 11.5 Å². The third-order valence-electron chi connectivity index (χ3n) is 6.45. The lowest BCUT2D eigenvalue weighted by molar-refractivity contribution is 0.0531. The standard InChI is InChI=1S/C24H29N7O3/c1-16-14-30(7-8-33-16)19-9-22(23-17(10-25)11-28-31(23)15-19)34-20-5-3-18(4-6-20)29-24-26-12-21(32-2)13-27-24/h9,11-13,15-16,18,20H,3-8,14H2,1-2H3,(H,26,27,29)/t16-,18?,20?/m1/s1. The number of methoxy groups -OCH3 is 1. The molecule has 1 N–H and O–H groups in total. The van der Waals surface area contributed by atoms with E-state index in [-0.39, 0.29) is 12.2 Å². The molecule has 10 heteroatoms. The van der Waals surface area contributed by atoms with Crippen molar-refractivity contribution in [2.75, 3.05) is 37.0 Å². The van der Waals surface area contributed by atoms with E-state index >= 15 is 0 Å². The van der Waals surface area contributed by atoms with Gasteiger partial charge >= 0.3 is 0 Å². The topological polar surface area (TPSA) is 110 Å². The predicted molar refractivity (Wildman–Crippen MR) is 126 cm³/mol. The molecule has 10 nitrogen and oxygen atoms in total. The largest absolute Gasteiger partial charge is 0.494 e. The predicted octanol–water partition coefficient (Wildman–Crippen LogP) is 3.03. The first-order valence-electron chi connectivity index (χ1n) is 11.7. The van der Waals surface area contributed by atoms with Crippen LogP contribution in [-0.2, 0) is 4.74 Å². The lowest BCUT2D eigenvalue weighted by atomic mass is 9.93. The van der Waals surface area contributed by atoms with Crippen molar-refractivity contribution in [2.24, 2.45) is 0 Å². The molecule has 2 fully saturated rings. The molecule has 4 heterocycles. The van der Waals surface area contributed by atoms with E-state index in [0.29, 0.717) is 35.7 Å². The summed E-state index contributed by atoms with van der Waals surface area (Å²) in [6, 6.07) is 4.58. The highest BCUT2D eigenvalue weighted by Crippen LogP contribution is 2.33. The molecule has 34 heavy (non-hydrogen) atoms. The van der Waals surface area contributed by atoms with Gasteiger partial charge in [0.15, 0.2) is 5.75 Å². The Morgan fingerprint density at radius 1 is 1.18 bits per heavy atom. The average Bonchev–Trinajstić information content (AvgIpc) is 3.29. The number of rotatable bonds is 6. The highest BCUT2D eigenvalue weighted by atomic mass is 16.5. The Kier molecular flexibility index (Phi) is 6.36. The van der Waals surface area contributed by atoms with Gasteiger partial charge in [0.2, 0.25) is 5.95 Å². The molecule has 0 amide bonds. The van der Waals surface area contributed by atoms with E-state index in [0.717, 1.165) is 50.0 Å². The molecule has 3 aromatic rings. The second-order valence-electron chi connectivity index (χ2n) is 8.84. The molecular weight excluding hydrogens is 434 g/mol.